The number of nitrogens with one attached hydrogen (secondary N) is 2. The number of carboxylic acids is 1. The number of aromatic nitrogens is 4. The lowest BCUT2D eigenvalue weighted by Crippen LogP contribution is -2.36. The van der Waals surface area contributed by atoms with E-state index in [0.717, 1.165) is 22.4 Å². The SMILES string of the molecule is CC(C)c1n[nH]c2c(C(C)C)n(Nc3ccc(C(=O)O)c(Cl)c3)c(=NC(CO)C(C)C)nc12. The molecule has 0 spiro atoms. The van der Waals surface area contributed by atoms with E-state index in [4.69, 9.17) is 21.6 Å². The van der Waals surface area contributed by atoms with Gasteiger partial charge in [0, 0.05) is 0 Å². The summed E-state index contributed by atoms with van der Waals surface area (Å²) in [5.41, 5.74) is 7.51. The Kier molecular flexibility index (Phi) is 7.44. The molecular weight excluding hydrogens is 444 g/mol. The first-order valence-electron chi connectivity index (χ1n) is 11.0. The zero-order chi connectivity index (χ0) is 24.4. The highest BCUT2D eigenvalue weighted by molar-refractivity contribution is 6.33. The summed E-state index contributed by atoms with van der Waals surface area (Å²) >= 11 is 6.20. The fraction of sp³-hybridized carbons (Fsp3) is 0.478. The number of hydrogen-bond acceptors (Lipinski definition) is 6. The minimum Gasteiger partial charge on any atom is -0.478 e. The Morgan fingerprint density at radius 2 is 1.91 bits per heavy atom. The van der Waals surface area contributed by atoms with E-state index in [1.807, 2.05) is 13.8 Å². The fourth-order valence-corrected chi connectivity index (χ4v) is 3.86. The number of H-pyrrole nitrogens is 1. The molecule has 178 valence electrons. The van der Waals surface area contributed by atoms with Crippen LogP contribution in [0.4, 0.5) is 5.69 Å². The summed E-state index contributed by atoms with van der Waals surface area (Å²) in [7, 11) is 0. The summed E-state index contributed by atoms with van der Waals surface area (Å²) in [5, 5.41) is 26.9. The summed E-state index contributed by atoms with van der Waals surface area (Å²) in [5.74, 6) is -0.786. The highest BCUT2D eigenvalue weighted by Crippen LogP contribution is 2.27. The summed E-state index contributed by atoms with van der Waals surface area (Å²) in [6.45, 7) is 12.1. The van der Waals surface area contributed by atoms with Crippen LogP contribution in [0.25, 0.3) is 11.0 Å². The van der Waals surface area contributed by atoms with Gasteiger partial charge in [0.1, 0.15) is 11.0 Å². The summed E-state index contributed by atoms with van der Waals surface area (Å²) in [6.07, 6.45) is 0. The van der Waals surface area contributed by atoms with Crippen LogP contribution in [0.2, 0.25) is 5.02 Å². The molecule has 2 aromatic heterocycles. The van der Waals surface area contributed by atoms with Crippen molar-refractivity contribution in [3.05, 3.63) is 45.8 Å². The largest absolute Gasteiger partial charge is 0.478 e. The van der Waals surface area contributed by atoms with Crippen LogP contribution in [0.5, 0.6) is 0 Å². The molecule has 4 N–H and O–H groups in total. The number of hydrogen-bond donors (Lipinski definition) is 4. The van der Waals surface area contributed by atoms with Crippen LogP contribution < -0.4 is 11.0 Å². The summed E-state index contributed by atoms with van der Waals surface area (Å²) < 4.78 is 1.76. The van der Waals surface area contributed by atoms with E-state index in [1.165, 1.54) is 6.07 Å². The van der Waals surface area contributed by atoms with Crippen molar-refractivity contribution in [3.63, 3.8) is 0 Å². The third-order valence-electron chi connectivity index (χ3n) is 5.45. The molecule has 0 aliphatic carbocycles. The molecule has 1 atom stereocenters. The van der Waals surface area contributed by atoms with E-state index in [2.05, 4.69) is 43.3 Å². The molecule has 0 aliphatic rings. The zero-order valence-electron chi connectivity index (χ0n) is 19.7. The van der Waals surface area contributed by atoms with Crippen LogP contribution >= 0.6 is 11.6 Å². The first-order chi connectivity index (χ1) is 15.5. The van der Waals surface area contributed by atoms with Crippen molar-refractivity contribution in [2.75, 3.05) is 12.0 Å². The van der Waals surface area contributed by atoms with E-state index in [-0.39, 0.29) is 41.0 Å². The van der Waals surface area contributed by atoms with Gasteiger partial charge in [-0.2, -0.15) is 5.10 Å². The van der Waals surface area contributed by atoms with Gasteiger partial charge in [-0.1, -0.05) is 53.1 Å². The lowest BCUT2D eigenvalue weighted by atomic mass is 10.1. The molecule has 10 heteroatoms. The second-order valence-electron chi connectivity index (χ2n) is 9.01. The number of aromatic amines is 1. The van der Waals surface area contributed by atoms with Crippen molar-refractivity contribution in [2.45, 2.75) is 59.4 Å². The van der Waals surface area contributed by atoms with Gasteiger partial charge in [0.05, 0.1) is 40.3 Å². The van der Waals surface area contributed by atoms with Gasteiger partial charge >= 0.3 is 5.97 Å². The first kappa shape index (κ1) is 24.7. The van der Waals surface area contributed by atoms with Gasteiger partial charge in [0.2, 0.25) is 5.62 Å². The Balaban J connectivity index is 2.32. The van der Waals surface area contributed by atoms with E-state index in [1.54, 1.807) is 16.8 Å². The van der Waals surface area contributed by atoms with Crippen molar-refractivity contribution in [1.29, 1.82) is 0 Å². The Labute approximate surface area is 197 Å². The number of carbonyl (C=O) groups is 1. The molecule has 0 aliphatic heterocycles. The van der Waals surface area contributed by atoms with Crippen LogP contribution in [0.15, 0.2) is 23.2 Å². The van der Waals surface area contributed by atoms with Crippen molar-refractivity contribution in [3.8, 4) is 0 Å². The molecule has 33 heavy (non-hydrogen) atoms. The Morgan fingerprint density at radius 3 is 2.42 bits per heavy atom. The average molecular weight is 475 g/mol. The third-order valence-corrected chi connectivity index (χ3v) is 5.76. The number of aliphatic hydroxyl groups is 1. The molecule has 3 aromatic rings. The van der Waals surface area contributed by atoms with E-state index in [9.17, 15) is 15.0 Å². The van der Waals surface area contributed by atoms with Crippen LogP contribution in [0.1, 0.15) is 75.1 Å². The van der Waals surface area contributed by atoms with Crippen LogP contribution in [0.3, 0.4) is 0 Å². The van der Waals surface area contributed by atoms with Crippen molar-refractivity contribution in [1.82, 2.24) is 19.9 Å². The molecule has 0 saturated carbocycles. The normalized spacial score (nSPS) is 13.5. The molecule has 0 radical (unpaired) electrons. The summed E-state index contributed by atoms with van der Waals surface area (Å²) in [4.78, 5) is 21.0. The Morgan fingerprint density at radius 1 is 1.21 bits per heavy atom. The second-order valence-corrected chi connectivity index (χ2v) is 9.42. The number of anilines is 1. The number of carboxylic acid groups (broad SMARTS) is 1. The standard InChI is InChI=1S/C23H31ClN6O3/c1-11(2)17(10-31)25-23-26-19-18(12(3)4)27-28-20(19)21(13(5)6)30(23)29-14-7-8-15(22(32)33)16(24)9-14/h7-9,11-13,17,28-29,31H,10H2,1-6H3,(H,32,33). The molecule has 1 unspecified atom stereocenters. The Bertz CT molecular complexity index is 1230. The molecule has 0 saturated heterocycles. The fourth-order valence-electron chi connectivity index (χ4n) is 3.59. The highest BCUT2D eigenvalue weighted by Gasteiger charge is 2.22. The molecule has 0 fully saturated rings. The lowest BCUT2D eigenvalue weighted by Gasteiger charge is -2.21. The smallest absolute Gasteiger partial charge is 0.337 e. The van der Waals surface area contributed by atoms with Crippen LogP contribution in [0, 0.1) is 5.92 Å². The van der Waals surface area contributed by atoms with Crippen LogP contribution in [-0.4, -0.2) is 48.7 Å². The third kappa shape index (κ3) is 5.04. The van der Waals surface area contributed by atoms with Crippen molar-refractivity contribution < 1.29 is 15.0 Å². The number of halogens is 1. The number of fused-ring (bicyclic) bond motifs is 1. The number of aromatic carboxylic acids is 1. The molecular formula is C23H31ClN6O3. The predicted molar refractivity (Wildman–Crippen MR) is 129 cm³/mol. The van der Waals surface area contributed by atoms with E-state index < -0.39 is 5.97 Å². The monoisotopic (exact) mass is 474 g/mol. The highest BCUT2D eigenvalue weighted by atomic mass is 35.5. The van der Waals surface area contributed by atoms with Gasteiger partial charge in [0.15, 0.2) is 0 Å². The quantitative estimate of drug-likeness (QED) is 0.388. The van der Waals surface area contributed by atoms with Gasteiger partial charge in [0.25, 0.3) is 0 Å². The first-order valence-corrected chi connectivity index (χ1v) is 11.4. The van der Waals surface area contributed by atoms with Crippen molar-refractivity contribution in [2.24, 2.45) is 10.9 Å². The van der Waals surface area contributed by atoms with Gasteiger partial charge in [-0.25, -0.2) is 19.4 Å². The van der Waals surface area contributed by atoms with Gasteiger partial charge in [-0.05, 0) is 36.0 Å². The molecule has 0 amide bonds. The Hall–Kier alpha value is -2.91. The van der Waals surface area contributed by atoms with E-state index in [0.29, 0.717) is 11.3 Å². The van der Waals surface area contributed by atoms with Gasteiger partial charge < -0.3 is 10.2 Å². The van der Waals surface area contributed by atoms with Gasteiger partial charge in [-0.15, -0.1) is 0 Å². The zero-order valence-corrected chi connectivity index (χ0v) is 20.5. The molecule has 2 heterocycles. The van der Waals surface area contributed by atoms with Crippen LogP contribution in [-0.2, 0) is 0 Å². The molecule has 1 aromatic carbocycles. The minimum atomic E-state index is -1.10. The molecule has 0 bridgehead atoms. The lowest BCUT2D eigenvalue weighted by molar-refractivity contribution is 0.0697. The minimum absolute atomic E-state index is 0.0186. The molecule has 9 nitrogen and oxygen atoms in total. The number of rotatable bonds is 8. The maximum Gasteiger partial charge on any atom is 0.337 e. The van der Waals surface area contributed by atoms with Gasteiger partial charge in [-0.3, -0.25) is 10.5 Å². The summed E-state index contributed by atoms with van der Waals surface area (Å²) in [6, 6.07) is 4.28. The number of nitrogens with zero attached hydrogens (tertiary/aromatic N) is 4. The second kappa shape index (κ2) is 9.93. The molecule has 3 rings (SSSR count). The maximum atomic E-state index is 11.3. The maximum absolute atomic E-state index is 11.3. The van der Waals surface area contributed by atoms with E-state index >= 15 is 0 Å². The number of aliphatic hydroxyl groups excluding tert-OH is 1. The predicted octanol–water partition coefficient (Wildman–Crippen LogP) is 4.15. The topological polar surface area (TPSA) is 128 Å². The number of benzene rings is 1. The average Bonchev–Trinajstić information content (AvgIpc) is 3.14. The van der Waals surface area contributed by atoms with Crippen molar-refractivity contribution >= 4 is 34.3 Å².